The summed E-state index contributed by atoms with van der Waals surface area (Å²) in [7, 11) is 0. The average Bonchev–Trinajstić information content (AvgIpc) is 2.53. The van der Waals surface area contributed by atoms with E-state index in [1.807, 2.05) is 19.2 Å². The Labute approximate surface area is 133 Å². The van der Waals surface area contributed by atoms with E-state index in [0.717, 1.165) is 29.8 Å². The molecule has 0 bridgehead atoms. The highest BCUT2D eigenvalue weighted by molar-refractivity contribution is 5.43. The van der Waals surface area contributed by atoms with E-state index in [-0.39, 0.29) is 5.43 Å². The third-order valence-electron chi connectivity index (χ3n) is 4.21. The van der Waals surface area contributed by atoms with Crippen molar-refractivity contribution >= 4 is 0 Å². The van der Waals surface area contributed by atoms with Crippen molar-refractivity contribution in [2.24, 2.45) is 0 Å². The van der Waals surface area contributed by atoms with Crippen LogP contribution in [0.2, 0.25) is 0 Å². The van der Waals surface area contributed by atoms with Gasteiger partial charge in [0.25, 0.3) is 0 Å². The second-order valence-corrected chi connectivity index (χ2v) is 5.85. The van der Waals surface area contributed by atoms with Gasteiger partial charge in [0, 0.05) is 41.8 Å². The molecule has 0 radical (unpaired) electrons. The summed E-state index contributed by atoms with van der Waals surface area (Å²) in [5.41, 5.74) is 4.34. The minimum atomic E-state index is 0.110. The van der Waals surface area contributed by atoms with Gasteiger partial charge < -0.3 is 9.88 Å². The highest BCUT2D eigenvalue weighted by Crippen LogP contribution is 2.17. The van der Waals surface area contributed by atoms with Crippen LogP contribution in [0, 0.1) is 6.92 Å². The van der Waals surface area contributed by atoms with E-state index in [0.29, 0.717) is 12.6 Å². The molecule has 2 aromatic rings. The van der Waals surface area contributed by atoms with E-state index in [1.54, 1.807) is 6.07 Å². The van der Waals surface area contributed by atoms with Crippen molar-refractivity contribution in [1.82, 2.24) is 9.88 Å². The average molecular weight is 298 g/mol. The van der Waals surface area contributed by atoms with Crippen LogP contribution >= 0.6 is 0 Å². The third-order valence-corrected chi connectivity index (χ3v) is 4.21. The quantitative estimate of drug-likeness (QED) is 0.884. The number of hydrogen-bond acceptors (Lipinski definition) is 2. The van der Waals surface area contributed by atoms with Crippen LogP contribution in [0.5, 0.6) is 0 Å². The van der Waals surface area contributed by atoms with E-state index >= 15 is 0 Å². The molecule has 0 aliphatic rings. The van der Waals surface area contributed by atoms with Crippen molar-refractivity contribution in [2.45, 2.75) is 53.1 Å². The monoisotopic (exact) mass is 298 g/mol. The zero-order valence-corrected chi connectivity index (χ0v) is 14.0. The normalized spacial score (nSPS) is 12.4. The van der Waals surface area contributed by atoms with Crippen molar-refractivity contribution < 1.29 is 0 Å². The first-order valence-electron chi connectivity index (χ1n) is 8.10. The van der Waals surface area contributed by atoms with E-state index in [4.69, 9.17) is 0 Å². The number of pyridine rings is 1. The van der Waals surface area contributed by atoms with E-state index in [1.165, 1.54) is 5.56 Å². The smallest absolute Gasteiger partial charge is 0.186 e. The van der Waals surface area contributed by atoms with Crippen LogP contribution < -0.4 is 10.7 Å². The molecule has 0 saturated carbocycles. The first-order chi connectivity index (χ1) is 10.6. The summed E-state index contributed by atoms with van der Waals surface area (Å²) >= 11 is 0. The fourth-order valence-electron chi connectivity index (χ4n) is 2.54. The van der Waals surface area contributed by atoms with Gasteiger partial charge in [-0.3, -0.25) is 4.79 Å². The van der Waals surface area contributed by atoms with E-state index in [2.05, 4.69) is 48.9 Å². The van der Waals surface area contributed by atoms with Crippen molar-refractivity contribution in [1.29, 1.82) is 0 Å². The summed E-state index contributed by atoms with van der Waals surface area (Å²) in [4.78, 5) is 12.2. The topological polar surface area (TPSA) is 34.0 Å². The lowest BCUT2D eigenvalue weighted by Gasteiger charge is -2.17. The largest absolute Gasteiger partial charge is 0.320 e. The molecule has 2 rings (SSSR count). The van der Waals surface area contributed by atoms with Crippen LogP contribution in [0.3, 0.4) is 0 Å². The summed E-state index contributed by atoms with van der Waals surface area (Å²) in [6.07, 6.45) is 4.02. The standard InChI is InChI=1S/C19H26N2O/c1-5-14(3)20-12-17-13-21(15(4)11-19(17)22)18-10-8-7-9-16(18)6-2/h7-11,13-14,20H,5-6,12H2,1-4H3. The maximum absolute atomic E-state index is 12.2. The maximum atomic E-state index is 12.2. The van der Waals surface area contributed by atoms with Crippen molar-refractivity contribution in [3.8, 4) is 5.69 Å². The van der Waals surface area contributed by atoms with Gasteiger partial charge in [0.2, 0.25) is 0 Å². The molecule has 22 heavy (non-hydrogen) atoms. The molecule has 0 amide bonds. The molecule has 0 spiro atoms. The Morgan fingerprint density at radius 1 is 1.18 bits per heavy atom. The van der Waals surface area contributed by atoms with Gasteiger partial charge in [-0.05, 0) is 38.3 Å². The van der Waals surface area contributed by atoms with Crippen molar-refractivity contribution in [3.05, 3.63) is 63.6 Å². The number of nitrogens with one attached hydrogen (secondary N) is 1. The number of hydrogen-bond donors (Lipinski definition) is 1. The van der Waals surface area contributed by atoms with Crippen LogP contribution in [0.25, 0.3) is 5.69 Å². The van der Waals surface area contributed by atoms with Crippen LogP contribution in [-0.4, -0.2) is 10.6 Å². The molecule has 1 unspecified atom stereocenters. The minimum Gasteiger partial charge on any atom is -0.320 e. The lowest BCUT2D eigenvalue weighted by Crippen LogP contribution is -2.28. The van der Waals surface area contributed by atoms with Gasteiger partial charge in [-0.2, -0.15) is 0 Å². The Balaban J connectivity index is 2.42. The van der Waals surface area contributed by atoms with Gasteiger partial charge in [0.1, 0.15) is 0 Å². The van der Waals surface area contributed by atoms with Crippen molar-refractivity contribution in [2.75, 3.05) is 0 Å². The predicted molar refractivity (Wildman–Crippen MR) is 92.7 cm³/mol. The lowest BCUT2D eigenvalue weighted by atomic mass is 10.1. The van der Waals surface area contributed by atoms with Gasteiger partial charge in [0.15, 0.2) is 5.43 Å². The molecular formula is C19H26N2O. The van der Waals surface area contributed by atoms with Crippen LogP contribution in [-0.2, 0) is 13.0 Å². The summed E-state index contributed by atoms with van der Waals surface area (Å²) in [6, 6.07) is 10.5. The molecule has 0 aliphatic heterocycles. The second-order valence-electron chi connectivity index (χ2n) is 5.85. The van der Waals surface area contributed by atoms with Gasteiger partial charge in [-0.1, -0.05) is 32.0 Å². The summed E-state index contributed by atoms with van der Waals surface area (Å²) in [5.74, 6) is 0. The lowest BCUT2D eigenvalue weighted by molar-refractivity contribution is 0.531. The van der Waals surface area contributed by atoms with E-state index < -0.39 is 0 Å². The molecule has 1 aromatic heterocycles. The first kappa shape index (κ1) is 16.5. The fourth-order valence-corrected chi connectivity index (χ4v) is 2.54. The van der Waals surface area contributed by atoms with Gasteiger partial charge in [0.05, 0.1) is 0 Å². The molecule has 1 heterocycles. The zero-order valence-electron chi connectivity index (χ0n) is 14.0. The van der Waals surface area contributed by atoms with Crippen LogP contribution in [0.1, 0.15) is 44.0 Å². The van der Waals surface area contributed by atoms with Crippen molar-refractivity contribution in [3.63, 3.8) is 0 Å². The Kier molecular flexibility index (Phi) is 5.56. The Hall–Kier alpha value is -1.87. The fraction of sp³-hybridized carbons (Fsp3) is 0.421. The van der Waals surface area contributed by atoms with Gasteiger partial charge >= 0.3 is 0 Å². The predicted octanol–water partition coefficient (Wildman–Crippen LogP) is 3.60. The highest BCUT2D eigenvalue weighted by Gasteiger charge is 2.09. The van der Waals surface area contributed by atoms with Crippen LogP contribution in [0.15, 0.2) is 41.3 Å². The number of benzene rings is 1. The van der Waals surface area contributed by atoms with Crippen LogP contribution in [0.4, 0.5) is 0 Å². The summed E-state index contributed by atoms with van der Waals surface area (Å²) < 4.78 is 2.13. The molecule has 1 aromatic carbocycles. The zero-order chi connectivity index (χ0) is 16.1. The maximum Gasteiger partial charge on any atom is 0.186 e. The molecule has 1 atom stereocenters. The number of rotatable bonds is 6. The molecule has 118 valence electrons. The number of nitrogens with zero attached hydrogens (tertiary/aromatic N) is 1. The molecular weight excluding hydrogens is 272 g/mol. The molecule has 3 heteroatoms. The van der Waals surface area contributed by atoms with E-state index in [9.17, 15) is 4.79 Å². The minimum absolute atomic E-state index is 0.110. The second kappa shape index (κ2) is 7.41. The Morgan fingerprint density at radius 2 is 1.91 bits per heavy atom. The Morgan fingerprint density at radius 3 is 2.59 bits per heavy atom. The molecule has 0 saturated heterocycles. The Bertz CT molecular complexity index is 688. The summed E-state index contributed by atoms with van der Waals surface area (Å²) in [6.45, 7) is 9.03. The highest BCUT2D eigenvalue weighted by atomic mass is 16.1. The van der Waals surface area contributed by atoms with Gasteiger partial charge in [-0.15, -0.1) is 0 Å². The number of para-hydroxylation sites is 1. The summed E-state index contributed by atoms with van der Waals surface area (Å²) in [5, 5.41) is 3.40. The number of aryl methyl sites for hydroxylation is 2. The molecule has 3 nitrogen and oxygen atoms in total. The molecule has 1 N–H and O–H groups in total. The van der Waals surface area contributed by atoms with Gasteiger partial charge in [-0.25, -0.2) is 0 Å². The molecule has 0 fully saturated rings. The molecule has 0 aliphatic carbocycles. The third kappa shape index (κ3) is 3.66. The SMILES string of the molecule is CCc1ccccc1-n1cc(CNC(C)CC)c(=O)cc1C. The first-order valence-corrected chi connectivity index (χ1v) is 8.10. The number of aromatic nitrogens is 1.